The van der Waals surface area contributed by atoms with Crippen LogP contribution in [0.25, 0.3) is 0 Å². The summed E-state index contributed by atoms with van der Waals surface area (Å²) < 4.78 is 23.0. The Morgan fingerprint density at radius 3 is 2.71 bits per heavy atom. The molecule has 130 valence electrons. The van der Waals surface area contributed by atoms with Crippen molar-refractivity contribution in [2.75, 3.05) is 30.8 Å². The smallest absolute Gasteiger partial charge is 0.223 e. The zero-order chi connectivity index (χ0) is 17.2. The van der Waals surface area contributed by atoms with E-state index < -0.39 is 9.84 Å². The minimum atomic E-state index is -3.10. The maximum atomic E-state index is 12.5. The van der Waals surface area contributed by atoms with E-state index in [1.54, 1.807) is 6.08 Å². The summed E-state index contributed by atoms with van der Waals surface area (Å²) in [6.07, 6.45) is 3.96. The van der Waals surface area contributed by atoms with Gasteiger partial charge in [0.05, 0.1) is 5.75 Å². The number of carbonyl (C=O) groups is 1. The van der Waals surface area contributed by atoms with Crippen LogP contribution in [-0.4, -0.2) is 51.2 Å². The van der Waals surface area contributed by atoms with Crippen LogP contribution in [0.1, 0.15) is 19.3 Å². The lowest BCUT2D eigenvalue weighted by Gasteiger charge is -2.39. The van der Waals surface area contributed by atoms with Gasteiger partial charge in [0.2, 0.25) is 5.91 Å². The van der Waals surface area contributed by atoms with Crippen LogP contribution in [0.15, 0.2) is 41.8 Å². The molecule has 1 amide bonds. The summed E-state index contributed by atoms with van der Waals surface area (Å²) in [4.78, 5) is 16.7. The number of allylic oxidation sites excluding steroid dienone is 1. The third kappa shape index (κ3) is 3.98. The SMILES string of the molecule is CN(C(=O)C[C@H]1C=CS(=O)(=O)C1)[C@H]1CCCN(c2ccccc2)C1. The molecule has 5 nitrogen and oxygen atoms in total. The molecule has 2 aliphatic heterocycles. The third-order valence-electron chi connectivity index (χ3n) is 4.90. The molecule has 0 aromatic heterocycles. The maximum Gasteiger partial charge on any atom is 0.223 e. The summed E-state index contributed by atoms with van der Waals surface area (Å²) in [5.74, 6) is -0.0895. The molecule has 2 heterocycles. The van der Waals surface area contributed by atoms with Gasteiger partial charge in [-0.1, -0.05) is 24.3 Å². The van der Waals surface area contributed by atoms with E-state index in [9.17, 15) is 13.2 Å². The molecule has 1 saturated heterocycles. The van der Waals surface area contributed by atoms with Gasteiger partial charge in [0.1, 0.15) is 0 Å². The van der Waals surface area contributed by atoms with E-state index in [1.807, 2.05) is 30.1 Å². The van der Waals surface area contributed by atoms with Crippen molar-refractivity contribution in [3.63, 3.8) is 0 Å². The van der Waals surface area contributed by atoms with E-state index >= 15 is 0 Å². The number of amides is 1. The van der Waals surface area contributed by atoms with Gasteiger partial charge in [-0.2, -0.15) is 0 Å². The van der Waals surface area contributed by atoms with E-state index in [2.05, 4.69) is 17.0 Å². The monoisotopic (exact) mass is 348 g/mol. The fourth-order valence-electron chi connectivity index (χ4n) is 3.48. The molecule has 0 N–H and O–H groups in total. The minimum Gasteiger partial charge on any atom is -0.369 e. The Kier molecular flexibility index (Phi) is 4.94. The molecule has 0 bridgehead atoms. The lowest BCUT2D eigenvalue weighted by molar-refractivity contribution is -0.132. The number of rotatable bonds is 4. The van der Waals surface area contributed by atoms with Gasteiger partial charge in [0.15, 0.2) is 9.84 Å². The average molecular weight is 348 g/mol. The second-order valence-corrected chi connectivity index (χ2v) is 8.64. The number of piperidine rings is 1. The van der Waals surface area contributed by atoms with Gasteiger partial charge in [0, 0.05) is 49.6 Å². The summed E-state index contributed by atoms with van der Waals surface area (Å²) >= 11 is 0. The summed E-state index contributed by atoms with van der Waals surface area (Å²) in [7, 11) is -1.25. The number of benzene rings is 1. The van der Waals surface area contributed by atoms with Crippen molar-refractivity contribution in [1.29, 1.82) is 0 Å². The lowest BCUT2D eigenvalue weighted by Crippen LogP contribution is -2.49. The van der Waals surface area contributed by atoms with Crippen LogP contribution < -0.4 is 4.90 Å². The Morgan fingerprint density at radius 2 is 2.04 bits per heavy atom. The van der Waals surface area contributed by atoms with Gasteiger partial charge < -0.3 is 9.80 Å². The van der Waals surface area contributed by atoms with Crippen LogP contribution in [0, 0.1) is 5.92 Å². The Labute approximate surface area is 143 Å². The van der Waals surface area contributed by atoms with Crippen LogP contribution >= 0.6 is 0 Å². The molecule has 0 saturated carbocycles. The van der Waals surface area contributed by atoms with Crippen LogP contribution in [0.5, 0.6) is 0 Å². The Balaban J connectivity index is 1.59. The highest BCUT2D eigenvalue weighted by Crippen LogP contribution is 2.24. The van der Waals surface area contributed by atoms with Crippen molar-refractivity contribution in [2.24, 2.45) is 5.92 Å². The molecule has 0 aliphatic carbocycles. The lowest BCUT2D eigenvalue weighted by atomic mass is 10.0. The first kappa shape index (κ1) is 17.0. The summed E-state index contributed by atoms with van der Waals surface area (Å²) in [5.41, 5.74) is 1.19. The molecule has 0 spiro atoms. The maximum absolute atomic E-state index is 12.5. The van der Waals surface area contributed by atoms with E-state index in [0.29, 0.717) is 0 Å². The van der Waals surface area contributed by atoms with Gasteiger partial charge in [-0.25, -0.2) is 8.42 Å². The van der Waals surface area contributed by atoms with Gasteiger partial charge in [0.25, 0.3) is 0 Å². The van der Waals surface area contributed by atoms with Gasteiger partial charge in [-0.3, -0.25) is 4.79 Å². The second kappa shape index (κ2) is 6.97. The van der Waals surface area contributed by atoms with Crippen LogP contribution in [0.3, 0.4) is 0 Å². The summed E-state index contributed by atoms with van der Waals surface area (Å²) in [6, 6.07) is 10.4. The van der Waals surface area contributed by atoms with Crippen LogP contribution in [0.2, 0.25) is 0 Å². The Hall–Kier alpha value is -1.82. The molecule has 24 heavy (non-hydrogen) atoms. The molecular weight excluding hydrogens is 324 g/mol. The number of para-hydroxylation sites is 1. The molecule has 1 aromatic rings. The highest BCUT2D eigenvalue weighted by Gasteiger charge is 2.29. The van der Waals surface area contributed by atoms with Crippen molar-refractivity contribution in [1.82, 2.24) is 4.90 Å². The summed E-state index contributed by atoms with van der Waals surface area (Å²) in [6.45, 7) is 1.83. The van der Waals surface area contributed by atoms with E-state index in [4.69, 9.17) is 0 Å². The van der Waals surface area contributed by atoms with Gasteiger partial charge in [-0.15, -0.1) is 0 Å². The number of nitrogens with zero attached hydrogens (tertiary/aromatic N) is 2. The fourth-order valence-corrected chi connectivity index (χ4v) is 4.88. The zero-order valence-electron chi connectivity index (χ0n) is 14.0. The van der Waals surface area contributed by atoms with Gasteiger partial charge >= 0.3 is 0 Å². The number of hydrogen-bond acceptors (Lipinski definition) is 4. The highest BCUT2D eigenvalue weighted by molar-refractivity contribution is 7.94. The second-order valence-electron chi connectivity index (χ2n) is 6.70. The van der Waals surface area contributed by atoms with Crippen molar-refractivity contribution >= 4 is 21.4 Å². The first-order valence-electron chi connectivity index (χ1n) is 8.41. The molecule has 0 radical (unpaired) electrons. The molecule has 0 unspecified atom stereocenters. The standard InChI is InChI=1S/C18H24N2O3S/c1-19(18(21)12-15-9-11-24(22,23)14-15)17-8-5-10-20(13-17)16-6-3-2-4-7-16/h2-4,6-7,9,11,15,17H,5,8,10,12-14H2,1H3/t15-,17+/m1/s1. The zero-order valence-corrected chi connectivity index (χ0v) is 14.8. The number of anilines is 1. The molecule has 6 heteroatoms. The van der Waals surface area contributed by atoms with Crippen LogP contribution in [0.4, 0.5) is 5.69 Å². The first-order chi connectivity index (χ1) is 11.4. The molecule has 1 fully saturated rings. The number of likely N-dealkylation sites (N-methyl/N-ethyl adjacent to an activating group) is 1. The molecule has 3 rings (SSSR count). The minimum absolute atomic E-state index is 0.0293. The Bertz CT molecular complexity index is 715. The number of hydrogen-bond donors (Lipinski definition) is 0. The fraction of sp³-hybridized carbons (Fsp3) is 0.500. The van der Waals surface area contributed by atoms with Crippen molar-refractivity contribution in [3.8, 4) is 0 Å². The molecular formula is C18H24N2O3S. The average Bonchev–Trinajstić information content (AvgIpc) is 2.93. The van der Waals surface area contributed by atoms with Crippen LogP contribution in [-0.2, 0) is 14.6 Å². The first-order valence-corrected chi connectivity index (χ1v) is 10.1. The third-order valence-corrected chi connectivity index (χ3v) is 6.36. The predicted molar refractivity (Wildman–Crippen MR) is 95.5 cm³/mol. The Morgan fingerprint density at radius 1 is 1.29 bits per heavy atom. The van der Waals surface area contributed by atoms with Crippen molar-refractivity contribution in [2.45, 2.75) is 25.3 Å². The van der Waals surface area contributed by atoms with E-state index in [1.165, 1.54) is 11.1 Å². The predicted octanol–water partition coefficient (Wildman–Crippen LogP) is 2.06. The molecule has 2 aliphatic rings. The van der Waals surface area contributed by atoms with Crippen molar-refractivity contribution in [3.05, 3.63) is 41.8 Å². The largest absolute Gasteiger partial charge is 0.369 e. The quantitative estimate of drug-likeness (QED) is 0.836. The van der Waals surface area contributed by atoms with Gasteiger partial charge in [-0.05, 0) is 25.0 Å². The normalized spacial score (nSPS) is 25.6. The topological polar surface area (TPSA) is 57.7 Å². The van der Waals surface area contributed by atoms with E-state index in [0.717, 1.165) is 25.9 Å². The highest BCUT2D eigenvalue weighted by atomic mass is 32.2. The molecule has 2 atom stereocenters. The molecule has 1 aromatic carbocycles. The number of sulfone groups is 1. The van der Waals surface area contributed by atoms with Crippen molar-refractivity contribution < 1.29 is 13.2 Å². The number of carbonyl (C=O) groups excluding carboxylic acids is 1. The summed E-state index contributed by atoms with van der Waals surface area (Å²) in [5, 5.41) is 1.24. The van der Waals surface area contributed by atoms with E-state index in [-0.39, 0.29) is 30.0 Å².